The SMILES string of the molecule is Cc1nc(NC(=O)Cc2ccc(NS(=O)(=O)c3cccs3)cc2)sc1C. The van der Waals surface area contributed by atoms with Crippen LogP contribution >= 0.6 is 22.7 Å². The van der Waals surface area contributed by atoms with Gasteiger partial charge in [0.25, 0.3) is 10.0 Å². The van der Waals surface area contributed by atoms with Crippen LogP contribution in [0.1, 0.15) is 16.1 Å². The van der Waals surface area contributed by atoms with Gasteiger partial charge in [-0.1, -0.05) is 18.2 Å². The quantitative estimate of drug-likeness (QED) is 0.650. The van der Waals surface area contributed by atoms with Crippen LogP contribution in [0, 0.1) is 13.8 Å². The number of thiazole rings is 1. The fraction of sp³-hybridized carbons (Fsp3) is 0.176. The molecule has 0 bridgehead atoms. The van der Waals surface area contributed by atoms with Gasteiger partial charge in [-0.3, -0.25) is 9.52 Å². The van der Waals surface area contributed by atoms with Crippen molar-refractivity contribution in [2.24, 2.45) is 0 Å². The van der Waals surface area contributed by atoms with Gasteiger partial charge in [0.05, 0.1) is 12.1 Å². The Kier molecular flexibility index (Phi) is 5.40. The maximum absolute atomic E-state index is 12.2. The normalized spacial score (nSPS) is 11.3. The third-order valence-electron chi connectivity index (χ3n) is 3.61. The summed E-state index contributed by atoms with van der Waals surface area (Å²) in [5, 5.41) is 5.08. The van der Waals surface area contributed by atoms with Gasteiger partial charge in [0.1, 0.15) is 4.21 Å². The van der Waals surface area contributed by atoms with Crippen LogP contribution in [-0.4, -0.2) is 19.3 Å². The monoisotopic (exact) mass is 407 g/mol. The number of aromatic nitrogens is 1. The molecule has 0 aliphatic carbocycles. The number of thiophene rings is 1. The summed E-state index contributed by atoms with van der Waals surface area (Å²) in [5.41, 5.74) is 2.15. The fourth-order valence-corrected chi connectivity index (χ4v) is 5.07. The summed E-state index contributed by atoms with van der Waals surface area (Å²) in [6, 6.07) is 9.98. The maximum atomic E-state index is 12.2. The minimum Gasteiger partial charge on any atom is -0.302 e. The molecule has 0 aliphatic heterocycles. The lowest BCUT2D eigenvalue weighted by Gasteiger charge is -2.07. The minimum absolute atomic E-state index is 0.161. The van der Waals surface area contributed by atoms with E-state index >= 15 is 0 Å². The highest BCUT2D eigenvalue weighted by atomic mass is 32.2. The van der Waals surface area contributed by atoms with Crippen molar-refractivity contribution in [3.8, 4) is 0 Å². The fourth-order valence-electron chi connectivity index (χ4n) is 2.19. The van der Waals surface area contributed by atoms with Crippen LogP contribution in [0.5, 0.6) is 0 Å². The van der Waals surface area contributed by atoms with E-state index in [1.165, 1.54) is 11.3 Å². The largest absolute Gasteiger partial charge is 0.302 e. The summed E-state index contributed by atoms with van der Waals surface area (Å²) in [4.78, 5) is 17.5. The number of sulfonamides is 1. The van der Waals surface area contributed by atoms with Crippen LogP contribution in [0.2, 0.25) is 0 Å². The molecule has 6 nitrogen and oxygen atoms in total. The Hall–Kier alpha value is -2.23. The zero-order chi connectivity index (χ0) is 18.7. The number of rotatable bonds is 6. The summed E-state index contributed by atoms with van der Waals surface area (Å²) >= 11 is 2.60. The number of amides is 1. The van der Waals surface area contributed by atoms with E-state index in [1.807, 2.05) is 13.8 Å². The third kappa shape index (κ3) is 4.48. The molecule has 2 heterocycles. The lowest BCUT2D eigenvalue weighted by Crippen LogP contribution is -2.14. The maximum Gasteiger partial charge on any atom is 0.271 e. The molecular formula is C17H17N3O3S3. The van der Waals surface area contributed by atoms with E-state index in [4.69, 9.17) is 0 Å². The highest BCUT2D eigenvalue weighted by Crippen LogP contribution is 2.22. The molecule has 26 heavy (non-hydrogen) atoms. The second-order valence-corrected chi connectivity index (χ2v) is 9.68. The van der Waals surface area contributed by atoms with E-state index in [9.17, 15) is 13.2 Å². The summed E-state index contributed by atoms with van der Waals surface area (Å²) in [5.74, 6) is -0.161. The molecule has 136 valence electrons. The molecule has 0 fully saturated rings. The third-order valence-corrected chi connectivity index (χ3v) is 7.37. The van der Waals surface area contributed by atoms with Crippen molar-refractivity contribution in [1.29, 1.82) is 0 Å². The van der Waals surface area contributed by atoms with Crippen LogP contribution in [0.15, 0.2) is 46.0 Å². The van der Waals surface area contributed by atoms with Gasteiger partial charge < -0.3 is 5.32 Å². The molecule has 2 N–H and O–H groups in total. The van der Waals surface area contributed by atoms with Gasteiger partial charge >= 0.3 is 0 Å². The standard InChI is InChI=1S/C17H17N3O3S3/c1-11-12(2)25-17(18-11)19-15(21)10-13-5-7-14(8-6-13)20-26(22,23)16-4-3-9-24-16/h3-9,20H,10H2,1-2H3,(H,18,19,21). The van der Waals surface area contributed by atoms with E-state index in [0.29, 0.717) is 10.8 Å². The molecule has 0 spiro atoms. The number of nitrogens with one attached hydrogen (secondary N) is 2. The predicted octanol–water partition coefficient (Wildman–Crippen LogP) is 3.80. The Morgan fingerprint density at radius 2 is 1.88 bits per heavy atom. The van der Waals surface area contributed by atoms with Crippen molar-refractivity contribution in [3.05, 3.63) is 57.9 Å². The molecule has 0 saturated heterocycles. The second kappa shape index (κ2) is 7.56. The predicted molar refractivity (Wildman–Crippen MR) is 105 cm³/mol. The minimum atomic E-state index is -3.57. The molecule has 3 aromatic rings. The molecule has 0 radical (unpaired) electrons. The number of anilines is 2. The molecule has 1 aromatic carbocycles. The summed E-state index contributed by atoms with van der Waals surface area (Å²) in [7, 11) is -3.57. The average Bonchev–Trinajstić information content (AvgIpc) is 3.20. The number of hydrogen-bond acceptors (Lipinski definition) is 6. The van der Waals surface area contributed by atoms with Crippen molar-refractivity contribution in [1.82, 2.24) is 4.98 Å². The van der Waals surface area contributed by atoms with E-state index in [2.05, 4.69) is 15.0 Å². The Bertz CT molecular complexity index is 988. The van der Waals surface area contributed by atoms with Gasteiger partial charge in [-0.05, 0) is 43.0 Å². The number of nitrogens with zero attached hydrogens (tertiary/aromatic N) is 1. The van der Waals surface area contributed by atoms with Gasteiger partial charge in [0.2, 0.25) is 5.91 Å². The van der Waals surface area contributed by atoms with E-state index in [0.717, 1.165) is 27.5 Å². The molecule has 0 unspecified atom stereocenters. The molecule has 0 saturated carbocycles. The van der Waals surface area contributed by atoms with Crippen molar-refractivity contribution in [2.75, 3.05) is 10.0 Å². The molecule has 0 aliphatic rings. The van der Waals surface area contributed by atoms with E-state index in [-0.39, 0.29) is 16.5 Å². The van der Waals surface area contributed by atoms with E-state index in [1.54, 1.807) is 41.8 Å². The summed E-state index contributed by atoms with van der Waals surface area (Å²) in [6.45, 7) is 3.86. The Morgan fingerprint density at radius 1 is 1.15 bits per heavy atom. The first-order valence-corrected chi connectivity index (χ1v) is 10.9. The van der Waals surface area contributed by atoms with Gasteiger partial charge in [-0.15, -0.1) is 22.7 Å². The lowest BCUT2D eigenvalue weighted by atomic mass is 10.1. The Balaban J connectivity index is 1.61. The van der Waals surface area contributed by atoms with Gasteiger partial charge in [-0.2, -0.15) is 0 Å². The van der Waals surface area contributed by atoms with Gasteiger partial charge in [0, 0.05) is 10.6 Å². The van der Waals surface area contributed by atoms with Crippen molar-refractivity contribution in [2.45, 2.75) is 24.5 Å². The van der Waals surface area contributed by atoms with Crippen LogP contribution in [0.25, 0.3) is 0 Å². The first-order valence-electron chi connectivity index (χ1n) is 7.72. The average molecular weight is 408 g/mol. The summed E-state index contributed by atoms with van der Waals surface area (Å²) in [6.07, 6.45) is 0.190. The Labute approximate surface area is 160 Å². The van der Waals surface area contributed by atoms with Gasteiger partial charge in [-0.25, -0.2) is 13.4 Å². The van der Waals surface area contributed by atoms with Crippen LogP contribution < -0.4 is 10.0 Å². The molecule has 3 rings (SSSR count). The van der Waals surface area contributed by atoms with Gasteiger partial charge in [0.15, 0.2) is 5.13 Å². The molecule has 9 heteroatoms. The smallest absolute Gasteiger partial charge is 0.271 e. The summed E-state index contributed by atoms with van der Waals surface area (Å²) < 4.78 is 27.2. The molecule has 0 atom stereocenters. The number of hydrogen-bond donors (Lipinski definition) is 2. The number of benzene rings is 1. The second-order valence-electron chi connectivity index (χ2n) is 5.62. The molecule has 1 amide bonds. The molecular weight excluding hydrogens is 390 g/mol. The van der Waals surface area contributed by atoms with Crippen molar-refractivity contribution < 1.29 is 13.2 Å². The van der Waals surface area contributed by atoms with Crippen LogP contribution in [0.4, 0.5) is 10.8 Å². The first kappa shape index (κ1) is 18.6. The lowest BCUT2D eigenvalue weighted by molar-refractivity contribution is -0.115. The highest BCUT2D eigenvalue weighted by Gasteiger charge is 2.15. The first-order chi connectivity index (χ1) is 12.3. The highest BCUT2D eigenvalue weighted by molar-refractivity contribution is 7.94. The zero-order valence-corrected chi connectivity index (χ0v) is 16.6. The van der Waals surface area contributed by atoms with Crippen molar-refractivity contribution in [3.63, 3.8) is 0 Å². The number of aryl methyl sites for hydroxylation is 2. The van der Waals surface area contributed by atoms with Crippen LogP contribution in [-0.2, 0) is 21.2 Å². The number of carbonyl (C=O) groups is 1. The number of carbonyl (C=O) groups excluding carboxylic acids is 1. The molecule has 2 aromatic heterocycles. The topological polar surface area (TPSA) is 88.2 Å². The van der Waals surface area contributed by atoms with Crippen LogP contribution in [0.3, 0.4) is 0 Å². The zero-order valence-electron chi connectivity index (χ0n) is 14.1. The Morgan fingerprint density at radius 3 is 2.46 bits per heavy atom. The van der Waals surface area contributed by atoms with E-state index < -0.39 is 10.0 Å². The van der Waals surface area contributed by atoms with Crippen molar-refractivity contribution >= 4 is 49.4 Å².